The predicted octanol–water partition coefficient (Wildman–Crippen LogP) is -0.360. The molecule has 1 amide bonds. The summed E-state index contributed by atoms with van der Waals surface area (Å²) in [5.74, 6) is -1.70. The highest BCUT2D eigenvalue weighted by molar-refractivity contribution is 6.09. The third kappa shape index (κ3) is 4.52. The van der Waals surface area contributed by atoms with Gasteiger partial charge in [-0.3, -0.25) is 9.59 Å². The van der Waals surface area contributed by atoms with Crippen molar-refractivity contribution < 1.29 is 24.2 Å². The number of amides is 1. The summed E-state index contributed by atoms with van der Waals surface area (Å²) < 4.78 is 4.79. The van der Waals surface area contributed by atoms with E-state index in [1.807, 2.05) is 13.8 Å². The molecule has 0 rings (SSSR count). The molecule has 6 heteroatoms. The van der Waals surface area contributed by atoms with Crippen molar-refractivity contribution in [3.63, 3.8) is 0 Å². The molecule has 98 valence electrons. The zero-order valence-electron chi connectivity index (χ0n) is 10.5. The second-order valence-electron chi connectivity index (χ2n) is 4.43. The van der Waals surface area contributed by atoms with Gasteiger partial charge in [-0.2, -0.15) is 0 Å². The molecule has 6 nitrogen and oxygen atoms in total. The Morgan fingerprint density at radius 1 is 1.41 bits per heavy atom. The minimum Gasteiger partial charge on any atom is -0.463 e. The normalized spacial score (nSPS) is 15.9. The molecule has 0 aliphatic rings. The Balaban J connectivity index is 4.58. The Kier molecular flexibility index (Phi) is 5.81. The number of ketones is 1. The monoisotopic (exact) mass is 245 g/mol. The zero-order chi connectivity index (χ0) is 13.6. The third-order valence-corrected chi connectivity index (χ3v) is 2.14. The zero-order valence-corrected chi connectivity index (χ0v) is 10.5. The number of carbonyl (C=O) groups is 3. The van der Waals surface area contributed by atoms with Crippen molar-refractivity contribution in [3.05, 3.63) is 0 Å². The largest absolute Gasteiger partial charge is 0.463 e. The second-order valence-corrected chi connectivity index (χ2v) is 4.43. The number of nitrogens with one attached hydrogen (secondary N) is 1. The van der Waals surface area contributed by atoms with Crippen LogP contribution in [0.2, 0.25) is 0 Å². The molecule has 0 aliphatic heterocycles. The van der Waals surface area contributed by atoms with Gasteiger partial charge in [0.05, 0.1) is 12.6 Å². The Hall–Kier alpha value is -1.43. The lowest BCUT2D eigenvalue weighted by Crippen LogP contribution is -2.52. The molecular weight excluding hydrogens is 226 g/mol. The number of hydrogen-bond donors (Lipinski definition) is 2. The van der Waals surface area contributed by atoms with Crippen LogP contribution in [0, 0.1) is 5.92 Å². The van der Waals surface area contributed by atoms with Crippen LogP contribution in [0.15, 0.2) is 0 Å². The molecule has 0 spiro atoms. The maximum absolute atomic E-state index is 11.7. The lowest BCUT2D eigenvalue weighted by atomic mass is 9.96. The van der Waals surface area contributed by atoms with Crippen LogP contribution in [0.3, 0.4) is 0 Å². The predicted molar refractivity (Wildman–Crippen MR) is 60.1 cm³/mol. The maximum Gasteiger partial charge on any atom is 0.345 e. The molecule has 0 aliphatic carbocycles. The topological polar surface area (TPSA) is 92.7 Å². The van der Waals surface area contributed by atoms with Crippen LogP contribution in [0.25, 0.3) is 0 Å². The van der Waals surface area contributed by atoms with E-state index in [1.54, 1.807) is 0 Å². The fraction of sp³-hybridized carbons (Fsp3) is 0.727. The van der Waals surface area contributed by atoms with Crippen molar-refractivity contribution in [2.75, 3.05) is 6.61 Å². The quantitative estimate of drug-likeness (QED) is 0.363. The molecular formula is C11H19NO5. The van der Waals surface area contributed by atoms with E-state index in [2.05, 4.69) is 5.32 Å². The fourth-order valence-electron chi connectivity index (χ4n) is 1.08. The third-order valence-electron chi connectivity index (χ3n) is 2.14. The van der Waals surface area contributed by atoms with Gasteiger partial charge >= 0.3 is 5.97 Å². The molecule has 0 heterocycles. The molecule has 0 radical (unpaired) electrons. The maximum atomic E-state index is 11.7. The number of hydrogen-bond acceptors (Lipinski definition) is 5. The van der Waals surface area contributed by atoms with Crippen LogP contribution in [0.1, 0.15) is 27.7 Å². The van der Waals surface area contributed by atoms with E-state index in [4.69, 9.17) is 4.74 Å². The summed E-state index contributed by atoms with van der Waals surface area (Å²) >= 11 is 0. The fourth-order valence-corrected chi connectivity index (χ4v) is 1.08. The van der Waals surface area contributed by atoms with Crippen LogP contribution in [0.5, 0.6) is 0 Å². The summed E-state index contributed by atoms with van der Waals surface area (Å²) in [5.41, 5.74) is -2.25. The van der Waals surface area contributed by atoms with E-state index < -0.39 is 23.4 Å². The minimum atomic E-state index is -2.25. The summed E-state index contributed by atoms with van der Waals surface area (Å²) in [6.07, 6.45) is 0.331. The van der Waals surface area contributed by atoms with Crippen LogP contribution < -0.4 is 5.32 Å². The van der Waals surface area contributed by atoms with Gasteiger partial charge in [-0.05, 0) is 19.8 Å². The van der Waals surface area contributed by atoms with Crippen LogP contribution in [-0.4, -0.2) is 41.5 Å². The summed E-state index contributed by atoms with van der Waals surface area (Å²) in [5, 5.41) is 12.0. The number of Topliss-reactive ketones (excluding diaryl/α,β-unsaturated/α-hetero) is 1. The highest BCUT2D eigenvalue weighted by Crippen LogP contribution is 2.11. The average Bonchev–Trinajstić information content (AvgIpc) is 2.24. The molecule has 0 unspecified atom stereocenters. The molecule has 0 saturated heterocycles. The van der Waals surface area contributed by atoms with Crippen molar-refractivity contribution in [2.24, 2.45) is 5.92 Å². The van der Waals surface area contributed by atoms with Gasteiger partial charge < -0.3 is 15.2 Å². The first-order chi connectivity index (χ1) is 7.73. The van der Waals surface area contributed by atoms with Crippen molar-refractivity contribution in [3.8, 4) is 0 Å². The molecule has 0 saturated carbocycles. The first kappa shape index (κ1) is 15.6. The van der Waals surface area contributed by atoms with Crippen molar-refractivity contribution in [1.29, 1.82) is 0 Å². The summed E-state index contributed by atoms with van der Waals surface area (Å²) in [6.45, 7) is 6.22. The van der Waals surface area contributed by atoms with Crippen LogP contribution >= 0.6 is 0 Å². The van der Waals surface area contributed by atoms with E-state index >= 15 is 0 Å². The van der Waals surface area contributed by atoms with Gasteiger partial charge in [-0.1, -0.05) is 13.8 Å². The van der Waals surface area contributed by atoms with E-state index in [0.29, 0.717) is 6.41 Å². The molecule has 0 aromatic rings. The highest BCUT2D eigenvalue weighted by atomic mass is 16.6. The van der Waals surface area contributed by atoms with Gasteiger partial charge in [0.15, 0.2) is 5.78 Å². The van der Waals surface area contributed by atoms with E-state index in [0.717, 1.165) is 6.92 Å². The van der Waals surface area contributed by atoms with Crippen LogP contribution in [-0.2, 0) is 19.1 Å². The van der Waals surface area contributed by atoms with Crippen molar-refractivity contribution in [2.45, 2.75) is 39.3 Å². The van der Waals surface area contributed by atoms with E-state index in [1.165, 1.54) is 6.92 Å². The molecule has 17 heavy (non-hydrogen) atoms. The number of ether oxygens (including phenoxy) is 1. The smallest absolute Gasteiger partial charge is 0.345 e. The molecule has 0 bridgehead atoms. The van der Waals surface area contributed by atoms with Crippen LogP contribution in [0.4, 0.5) is 0 Å². The molecule has 2 atom stereocenters. The van der Waals surface area contributed by atoms with E-state index in [9.17, 15) is 19.5 Å². The highest BCUT2D eigenvalue weighted by Gasteiger charge is 2.42. The number of carbonyl (C=O) groups excluding carboxylic acids is 3. The average molecular weight is 245 g/mol. The molecule has 0 aromatic heterocycles. The summed E-state index contributed by atoms with van der Waals surface area (Å²) in [6, 6.07) is -0.950. The Labute approximate surface area is 100 Å². The SMILES string of the molecule is CC(C)COC(=O)[C@@](C)(O)C(=O)[C@H](C)NC=O. The van der Waals surface area contributed by atoms with Gasteiger partial charge in [0.25, 0.3) is 0 Å². The van der Waals surface area contributed by atoms with E-state index in [-0.39, 0.29) is 12.5 Å². The number of aliphatic hydroxyl groups is 1. The molecule has 0 aromatic carbocycles. The second kappa shape index (κ2) is 6.34. The Bertz CT molecular complexity index is 298. The van der Waals surface area contributed by atoms with Gasteiger partial charge in [0.2, 0.25) is 12.0 Å². The van der Waals surface area contributed by atoms with Gasteiger partial charge in [-0.25, -0.2) is 4.79 Å². The molecule has 0 fully saturated rings. The Morgan fingerprint density at radius 3 is 2.35 bits per heavy atom. The lowest BCUT2D eigenvalue weighted by molar-refractivity contribution is -0.170. The van der Waals surface area contributed by atoms with Gasteiger partial charge in [0.1, 0.15) is 0 Å². The molecule has 2 N–H and O–H groups in total. The minimum absolute atomic E-state index is 0.107. The van der Waals surface area contributed by atoms with Crippen molar-refractivity contribution >= 4 is 18.2 Å². The standard InChI is InChI=1S/C11H19NO5/c1-7(2)5-17-10(15)11(4,16)9(14)8(3)12-6-13/h6-8,16H,5H2,1-4H3,(H,12,13)/t8-,11-/m0/s1. The van der Waals surface area contributed by atoms with Gasteiger partial charge in [0, 0.05) is 0 Å². The first-order valence-corrected chi connectivity index (χ1v) is 5.37. The Morgan fingerprint density at radius 2 is 1.94 bits per heavy atom. The number of rotatable bonds is 7. The summed E-state index contributed by atoms with van der Waals surface area (Å²) in [7, 11) is 0. The number of esters is 1. The summed E-state index contributed by atoms with van der Waals surface area (Å²) in [4.78, 5) is 33.3. The van der Waals surface area contributed by atoms with Gasteiger partial charge in [-0.15, -0.1) is 0 Å². The van der Waals surface area contributed by atoms with Crippen molar-refractivity contribution in [1.82, 2.24) is 5.32 Å². The lowest BCUT2D eigenvalue weighted by Gasteiger charge is -2.23. The first-order valence-electron chi connectivity index (χ1n) is 5.37.